The molecule has 0 aromatic carbocycles. The lowest BCUT2D eigenvalue weighted by Crippen LogP contribution is -1.99. The van der Waals surface area contributed by atoms with Gasteiger partial charge in [0.25, 0.3) is 0 Å². The van der Waals surface area contributed by atoms with E-state index < -0.39 is 0 Å². The van der Waals surface area contributed by atoms with Crippen molar-refractivity contribution in [1.29, 1.82) is 0 Å². The molecule has 0 aliphatic carbocycles. The lowest BCUT2D eigenvalue weighted by atomic mass is 10.0. The van der Waals surface area contributed by atoms with Crippen molar-refractivity contribution in [3.63, 3.8) is 0 Å². The molecule has 2 aromatic heterocycles. The fourth-order valence-electron chi connectivity index (χ4n) is 2.08. The highest BCUT2D eigenvalue weighted by Crippen LogP contribution is 2.24. The molecule has 0 amide bonds. The van der Waals surface area contributed by atoms with Crippen LogP contribution in [0.2, 0.25) is 0 Å². The third-order valence-electron chi connectivity index (χ3n) is 3.20. The molecule has 0 spiro atoms. The molecule has 1 N–H and O–H groups in total. The summed E-state index contributed by atoms with van der Waals surface area (Å²) >= 11 is 1.61. The van der Waals surface area contributed by atoms with E-state index in [-0.39, 0.29) is 6.10 Å². The Kier molecular flexibility index (Phi) is 3.64. The van der Waals surface area contributed by atoms with E-state index in [1.807, 2.05) is 36.2 Å². The van der Waals surface area contributed by atoms with Crippen molar-refractivity contribution < 1.29 is 5.11 Å². The van der Waals surface area contributed by atoms with Crippen molar-refractivity contribution in [3.05, 3.63) is 39.3 Å². The zero-order chi connectivity index (χ0) is 12.4. The van der Waals surface area contributed by atoms with Crippen LogP contribution in [0.25, 0.3) is 0 Å². The van der Waals surface area contributed by atoms with E-state index >= 15 is 0 Å². The van der Waals surface area contributed by atoms with Gasteiger partial charge in [-0.15, -0.1) is 11.3 Å². The normalized spacial score (nSPS) is 12.9. The Morgan fingerprint density at radius 2 is 2.24 bits per heavy atom. The monoisotopic (exact) mass is 250 g/mol. The predicted octanol–water partition coefficient (Wildman–Crippen LogP) is 2.76. The summed E-state index contributed by atoms with van der Waals surface area (Å²) < 4.78 is 1.90. The molecule has 3 nitrogen and oxygen atoms in total. The summed E-state index contributed by atoms with van der Waals surface area (Å²) in [6.07, 6.45) is 1.28. The van der Waals surface area contributed by atoms with E-state index in [2.05, 4.69) is 12.0 Å². The summed E-state index contributed by atoms with van der Waals surface area (Å²) in [6.45, 7) is 4.10. The molecular weight excluding hydrogens is 232 g/mol. The first kappa shape index (κ1) is 12.3. The fourth-order valence-corrected chi connectivity index (χ4v) is 2.83. The van der Waals surface area contributed by atoms with Gasteiger partial charge in [-0.1, -0.05) is 6.07 Å². The predicted molar refractivity (Wildman–Crippen MR) is 70.3 cm³/mol. The number of nitrogens with zero attached hydrogens (tertiary/aromatic N) is 2. The van der Waals surface area contributed by atoms with Crippen LogP contribution in [-0.4, -0.2) is 14.9 Å². The molecule has 1 atom stereocenters. The Morgan fingerprint density at radius 3 is 2.76 bits per heavy atom. The first-order valence-corrected chi connectivity index (χ1v) is 6.68. The zero-order valence-electron chi connectivity index (χ0n) is 10.5. The van der Waals surface area contributed by atoms with Crippen molar-refractivity contribution >= 4 is 11.3 Å². The van der Waals surface area contributed by atoms with Crippen LogP contribution < -0.4 is 0 Å². The Bertz CT molecular complexity index is 488. The van der Waals surface area contributed by atoms with E-state index in [0.29, 0.717) is 0 Å². The molecule has 0 aliphatic heterocycles. The van der Waals surface area contributed by atoms with Crippen LogP contribution in [0.15, 0.2) is 17.5 Å². The molecule has 0 fully saturated rings. The highest BCUT2D eigenvalue weighted by molar-refractivity contribution is 7.10. The first-order chi connectivity index (χ1) is 8.09. The van der Waals surface area contributed by atoms with Crippen molar-refractivity contribution in [2.45, 2.75) is 32.8 Å². The molecule has 2 heterocycles. The maximum absolute atomic E-state index is 10.0. The number of aryl methyl sites for hydroxylation is 2. The second-order valence-electron chi connectivity index (χ2n) is 4.34. The van der Waals surface area contributed by atoms with Crippen LogP contribution in [0.1, 0.15) is 34.4 Å². The topological polar surface area (TPSA) is 38.0 Å². The Hall–Kier alpha value is -1.13. The van der Waals surface area contributed by atoms with Gasteiger partial charge in [0, 0.05) is 17.6 Å². The van der Waals surface area contributed by atoms with Gasteiger partial charge in [-0.05, 0) is 43.7 Å². The summed E-state index contributed by atoms with van der Waals surface area (Å²) in [5.74, 6) is 0. The van der Waals surface area contributed by atoms with Crippen LogP contribution in [0.4, 0.5) is 0 Å². The molecule has 0 saturated carbocycles. The zero-order valence-corrected chi connectivity index (χ0v) is 11.3. The second kappa shape index (κ2) is 5.02. The molecule has 92 valence electrons. The van der Waals surface area contributed by atoms with Gasteiger partial charge in [-0.25, -0.2) is 0 Å². The van der Waals surface area contributed by atoms with Crippen LogP contribution in [0.5, 0.6) is 0 Å². The highest BCUT2D eigenvalue weighted by atomic mass is 32.1. The van der Waals surface area contributed by atoms with E-state index in [1.54, 1.807) is 11.3 Å². The van der Waals surface area contributed by atoms with Crippen LogP contribution in [0, 0.1) is 13.8 Å². The minimum atomic E-state index is -0.353. The molecule has 2 rings (SSSR count). The summed E-state index contributed by atoms with van der Waals surface area (Å²) in [5.41, 5.74) is 3.53. The summed E-state index contributed by atoms with van der Waals surface area (Å²) in [5, 5.41) is 16.4. The standard InChI is InChI=1S/C13H18N2OS/c1-9-11(10(2)15(3)14-9)6-7-12(16)13-5-4-8-17-13/h4-5,8,12,16H,6-7H2,1-3H3. The number of hydrogen-bond donors (Lipinski definition) is 1. The lowest BCUT2D eigenvalue weighted by Gasteiger charge is -2.08. The van der Waals surface area contributed by atoms with Gasteiger partial charge in [0.2, 0.25) is 0 Å². The SMILES string of the molecule is Cc1nn(C)c(C)c1CCC(O)c1cccs1. The van der Waals surface area contributed by atoms with Gasteiger partial charge in [0.05, 0.1) is 11.8 Å². The fraction of sp³-hybridized carbons (Fsp3) is 0.462. The highest BCUT2D eigenvalue weighted by Gasteiger charge is 2.13. The van der Waals surface area contributed by atoms with Crippen LogP contribution >= 0.6 is 11.3 Å². The Labute approximate surface area is 106 Å². The largest absolute Gasteiger partial charge is 0.388 e. The molecule has 1 unspecified atom stereocenters. The number of rotatable bonds is 4. The molecule has 0 aliphatic rings. The van der Waals surface area contributed by atoms with Crippen molar-refractivity contribution in [2.75, 3.05) is 0 Å². The molecule has 2 aromatic rings. The molecule has 0 bridgehead atoms. The van der Waals surface area contributed by atoms with Gasteiger partial charge >= 0.3 is 0 Å². The third-order valence-corrected chi connectivity index (χ3v) is 4.17. The minimum Gasteiger partial charge on any atom is -0.388 e. The van der Waals surface area contributed by atoms with E-state index in [9.17, 15) is 5.11 Å². The molecule has 17 heavy (non-hydrogen) atoms. The van der Waals surface area contributed by atoms with E-state index in [1.165, 1.54) is 11.3 Å². The third kappa shape index (κ3) is 2.58. The molecule has 4 heteroatoms. The van der Waals surface area contributed by atoms with Gasteiger partial charge < -0.3 is 5.11 Å². The Morgan fingerprint density at radius 1 is 1.47 bits per heavy atom. The summed E-state index contributed by atoms with van der Waals surface area (Å²) in [6, 6.07) is 3.96. The van der Waals surface area contributed by atoms with E-state index in [0.717, 1.165) is 23.4 Å². The van der Waals surface area contributed by atoms with Gasteiger partial charge in [-0.2, -0.15) is 5.10 Å². The van der Waals surface area contributed by atoms with E-state index in [4.69, 9.17) is 0 Å². The molecule has 0 saturated heterocycles. The number of aliphatic hydroxyl groups is 1. The maximum atomic E-state index is 10.0. The van der Waals surface area contributed by atoms with Crippen molar-refractivity contribution in [2.24, 2.45) is 7.05 Å². The second-order valence-corrected chi connectivity index (χ2v) is 5.32. The quantitative estimate of drug-likeness (QED) is 0.906. The lowest BCUT2D eigenvalue weighted by molar-refractivity contribution is 0.171. The maximum Gasteiger partial charge on any atom is 0.0885 e. The van der Waals surface area contributed by atoms with Gasteiger partial charge in [0.1, 0.15) is 0 Å². The van der Waals surface area contributed by atoms with Crippen molar-refractivity contribution in [1.82, 2.24) is 9.78 Å². The number of aromatic nitrogens is 2. The average molecular weight is 250 g/mol. The average Bonchev–Trinajstić information content (AvgIpc) is 2.88. The summed E-state index contributed by atoms with van der Waals surface area (Å²) in [7, 11) is 1.96. The Balaban J connectivity index is 2.03. The van der Waals surface area contributed by atoms with Gasteiger partial charge in [0.15, 0.2) is 0 Å². The molecule has 0 radical (unpaired) electrons. The number of thiophene rings is 1. The minimum absolute atomic E-state index is 0.353. The van der Waals surface area contributed by atoms with Crippen molar-refractivity contribution in [3.8, 4) is 0 Å². The number of aliphatic hydroxyl groups excluding tert-OH is 1. The van der Waals surface area contributed by atoms with Crippen LogP contribution in [-0.2, 0) is 13.5 Å². The smallest absolute Gasteiger partial charge is 0.0885 e. The first-order valence-electron chi connectivity index (χ1n) is 5.80. The summed E-state index contributed by atoms with van der Waals surface area (Å²) in [4.78, 5) is 1.05. The van der Waals surface area contributed by atoms with Crippen LogP contribution in [0.3, 0.4) is 0 Å². The molecular formula is C13H18N2OS. The number of hydrogen-bond acceptors (Lipinski definition) is 3. The van der Waals surface area contributed by atoms with Gasteiger partial charge in [-0.3, -0.25) is 4.68 Å².